The Kier molecular flexibility index (Phi) is 7.60. The number of rotatable bonds is 7. The van der Waals surface area contributed by atoms with Gasteiger partial charge in [-0.3, -0.25) is 4.79 Å². The van der Waals surface area contributed by atoms with Crippen LogP contribution >= 0.6 is 0 Å². The van der Waals surface area contributed by atoms with E-state index < -0.39 is 0 Å². The van der Waals surface area contributed by atoms with Crippen molar-refractivity contribution >= 4 is 5.78 Å². The summed E-state index contributed by atoms with van der Waals surface area (Å²) in [5.41, 5.74) is 0.694. The Balaban J connectivity index is 3.56. The highest BCUT2D eigenvalue weighted by atomic mass is 16.2. The number of hydrogen-bond donors (Lipinski definition) is 1. The molecular formula is C11H20O2. The maximum absolute atomic E-state index is 11.3. The van der Waals surface area contributed by atoms with E-state index >= 15 is 0 Å². The van der Waals surface area contributed by atoms with E-state index in [2.05, 4.69) is 6.92 Å². The topological polar surface area (TPSA) is 37.3 Å². The van der Waals surface area contributed by atoms with Crippen LogP contribution in [0.5, 0.6) is 0 Å². The predicted octanol–water partition coefficient (Wildman–Crippen LogP) is 2.46. The maximum atomic E-state index is 11.3. The number of hydrogen-bond acceptors (Lipinski definition) is 2. The fourth-order valence-electron chi connectivity index (χ4n) is 1.16. The number of aliphatic hydroxyl groups excluding tert-OH is 1. The van der Waals surface area contributed by atoms with E-state index in [0.29, 0.717) is 12.0 Å². The number of carbonyl (C=O) groups is 1. The Morgan fingerprint density at radius 1 is 1.31 bits per heavy atom. The molecule has 0 aliphatic carbocycles. The third-order valence-corrected chi connectivity index (χ3v) is 2.09. The number of Topliss-reactive ketones (excluding diaryl/α,β-unsaturated/α-hetero) is 1. The van der Waals surface area contributed by atoms with Crippen molar-refractivity contribution in [1.29, 1.82) is 0 Å². The van der Waals surface area contributed by atoms with Crippen LogP contribution in [0.3, 0.4) is 0 Å². The van der Waals surface area contributed by atoms with E-state index in [1.165, 1.54) is 12.8 Å². The molecule has 2 heteroatoms. The van der Waals surface area contributed by atoms with Crippen LogP contribution in [0.15, 0.2) is 11.6 Å². The summed E-state index contributed by atoms with van der Waals surface area (Å²) in [6.07, 6.45) is 6.71. The summed E-state index contributed by atoms with van der Waals surface area (Å²) in [5.74, 6) is 0.171. The first-order chi connectivity index (χ1) is 6.22. The minimum absolute atomic E-state index is 0.0352. The molecule has 0 saturated heterocycles. The van der Waals surface area contributed by atoms with Gasteiger partial charge in [0.25, 0.3) is 0 Å². The third kappa shape index (κ3) is 6.52. The fraction of sp³-hybridized carbons (Fsp3) is 0.727. The molecular weight excluding hydrogens is 164 g/mol. The molecule has 0 atom stereocenters. The molecule has 76 valence electrons. The monoisotopic (exact) mass is 184 g/mol. The zero-order chi connectivity index (χ0) is 10.1. The lowest BCUT2D eigenvalue weighted by Gasteiger charge is -2.00. The van der Waals surface area contributed by atoms with Crippen molar-refractivity contribution in [2.45, 2.75) is 46.0 Å². The molecule has 0 heterocycles. The highest BCUT2D eigenvalue weighted by Crippen LogP contribution is 2.06. The number of unbranched alkanes of at least 4 members (excludes halogenated alkanes) is 3. The molecule has 0 aromatic heterocycles. The highest BCUT2D eigenvalue weighted by molar-refractivity contribution is 5.94. The largest absolute Gasteiger partial charge is 0.392 e. The zero-order valence-electron chi connectivity index (χ0n) is 8.68. The predicted molar refractivity (Wildman–Crippen MR) is 54.6 cm³/mol. The summed E-state index contributed by atoms with van der Waals surface area (Å²) in [6, 6.07) is 0. The lowest BCUT2D eigenvalue weighted by molar-refractivity contribution is -0.115. The first-order valence-corrected chi connectivity index (χ1v) is 5.03. The lowest BCUT2D eigenvalue weighted by atomic mass is 10.1. The van der Waals surface area contributed by atoms with E-state index in [9.17, 15) is 4.79 Å². The molecule has 0 saturated carbocycles. The van der Waals surface area contributed by atoms with E-state index in [0.717, 1.165) is 12.8 Å². The normalized spacial score (nSPS) is 11.8. The number of carbonyl (C=O) groups excluding carboxylic acids is 1. The molecule has 0 bridgehead atoms. The molecule has 0 fully saturated rings. The van der Waals surface area contributed by atoms with Gasteiger partial charge in [-0.1, -0.05) is 32.3 Å². The van der Waals surface area contributed by atoms with Crippen molar-refractivity contribution in [3.05, 3.63) is 11.6 Å². The molecule has 0 aliphatic heterocycles. The summed E-state index contributed by atoms with van der Waals surface area (Å²) in [5, 5.41) is 8.57. The summed E-state index contributed by atoms with van der Waals surface area (Å²) in [7, 11) is 0. The number of ketones is 1. The Morgan fingerprint density at radius 2 is 2.00 bits per heavy atom. The second-order valence-corrected chi connectivity index (χ2v) is 3.30. The average Bonchev–Trinajstić information content (AvgIpc) is 2.12. The van der Waals surface area contributed by atoms with Crippen LogP contribution < -0.4 is 0 Å². The van der Waals surface area contributed by atoms with Crippen LogP contribution in [0.4, 0.5) is 0 Å². The summed E-state index contributed by atoms with van der Waals surface area (Å²) in [4.78, 5) is 11.3. The van der Waals surface area contributed by atoms with Crippen LogP contribution in [0.25, 0.3) is 0 Å². The van der Waals surface area contributed by atoms with Gasteiger partial charge < -0.3 is 5.11 Å². The van der Waals surface area contributed by atoms with E-state index in [1.54, 1.807) is 13.0 Å². The van der Waals surface area contributed by atoms with Crippen molar-refractivity contribution in [3.8, 4) is 0 Å². The quantitative estimate of drug-likeness (QED) is 0.487. The molecule has 0 spiro atoms. The van der Waals surface area contributed by atoms with Crippen molar-refractivity contribution in [1.82, 2.24) is 0 Å². The van der Waals surface area contributed by atoms with Gasteiger partial charge in [0, 0.05) is 6.42 Å². The average molecular weight is 184 g/mol. The van der Waals surface area contributed by atoms with Gasteiger partial charge in [0.15, 0.2) is 5.78 Å². The van der Waals surface area contributed by atoms with Crippen LogP contribution in [-0.2, 0) is 4.79 Å². The summed E-state index contributed by atoms with van der Waals surface area (Å²) >= 11 is 0. The lowest BCUT2D eigenvalue weighted by Crippen LogP contribution is -2.00. The van der Waals surface area contributed by atoms with Gasteiger partial charge in [-0.05, 0) is 18.9 Å². The van der Waals surface area contributed by atoms with Gasteiger partial charge in [0.1, 0.15) is 0 Å². The zero-order valence-corrected chi connectivity index (χ0v) is 8.68. The molecule has 0 rings (SSSR count). The Morgan fingerprint density at radius 3 is 2.54 bits per heavy atom. The Bertz CT molecular complexity index is 171. The molecule has 0 unspecified atom stereocenters. The van der Waals surface area contributed by atoms with E-state index in [4.69, 9.17) is 5.11 Å². The van der Waals surface area contributed by atoms with Crippen LogP contribution in [-0.4, -0.2) is 17.5 Å². The van der Waals surface area contributed by atoms with Gasteiger partial charge in [0.05, 0.1) is 6.61 Å². The molecule has 13 heavy (non-hydrogen) atoms. The summed E-state index contributed by atoms with van der Waals surface area (Å²) in [6.45, 7) is 3.88. The molecule has 0 aromatic carbocycles. The van der Waals surface area contributed by atoms with E-state index in [-0.39, 0.29) is 12.4 Å². The first-order valence-electron chi connectivity index (χ1n) is 5.03. The molecule has 0 aliphatic rings. The second-order valence-electron chi connectivity index (χ2n) is 3.30. The second kappa shape index (κ2) is 7.99. The van der Waals surface area contributed by atoms with Crippen LogP contribution in [0.2, 0.25) is 0 Å². The Hall–Kier alpha value is -0.630. The third-order valence-electron chi connectivity index (χ3n) is 2.09. The fourth-order valence-corrected chi connectivity index (χ4v) is 1.16. The number of aliphatic hydroxyl groups is 1. The van der Waals surface area contributed by atoms with Crippen molar-refractivity contribution in [3.63, 3.8) is 0 Å². The summed E-state index contributed by atoms with van der Waals surface area (Å²) < 4.78 is 0. The molecule has 2 nitrogen and oxygen atoms in total. The molecule has 0 radical (unpaired) electrons. The first kappa shape index (κ1) is 12.4. The van der Waals surface area contributed by atoms with Crippen molar-refractivity contribution < 1.29 is 9.90 Å². The van der Waals surface area contributed by atoms with Gasteiger partial charge in [-0.15, -0.1) is 0 Å². The van der Waals surface area contributed by atoms with Crippen molar-refractivity contribution in [2.75, 3.05) is 6.61 Å². The molecule has 1 N–H and O–H groups in total. The maximum Gasteiger partial charge on any atom is 0.158 e. The van der Waals surface area contributed by atoms with Crippen LogP contribution in [0.1, 0.15) is 46.0 Å². The number of allylic oxidation sites excluding steroid dienone is 1. The standard InChI is InChI=1S/C11H20O2/c1-3-4-5-6-7-11(13)10(2)8-9-12/h8,12H,3-7,9H2,1-2H3/b10-8+. The highest BCUT2D eigenvalue weighted by Gasteiger charge is 2.02. The van der Waals surface area contributed by atoms with Gasteiger partial charge >= 0.3 is 0 Å². The minimum Gasteiger partial charge on any atom is -0.392 e. The van der Waals surface area contributed by atoms with Gasteiger partial charge in [0.2, 0.25) is 0 Å². The molecule has 0 amide bonds. The van der Waals surface area contributed by atoms with E-state index in [1.807, 2.05) is 0 Å². The van der Waals surface area contributed by atoms with Crippen LogP contribution in [0, 0.1) is 0 Å². The van der Waals surface area contributed by atoms with Gasteiger partial charge in [-0.25, -0.2) is 0 Å². The molecule has 0 aromatic rings. The minimum atomic E-state index is -0.0352. The Labute approximate surface area is 80.7 Å². The SMILES string of the molecule is CCCCCCC(=O)/C(C)=C/CO. The van der Waals surface area contributed by atoms with Gasteiger partial charge in [-0.2, -0.15) is 0 Å². The smallest absolute Gasteiger partial charge is 0.158 e. The van der Waals surface area contributed by atoms with Crippen molar-refractivity contribution in [2.24, 2.45) is 0 Å².